The lowest BCUT2D eigenvalue weighted by Gasteiger charge is -2.11. The number of ether oxygens (including phenoxy) is 1. The number of rotatable bonds is 4. The van der Waals surface area contributed by atoms with Crippen molar-refractivity contribution >= 4 is 5.69 Å². The maximum atomic E-state index is 13.5. The molecule has 0 fully saturated rings. The lowest BCUT2D eigenvalue weighted by atomic mass is 10.2. The van der Waals surface area contributed by atoms with Crippen LogP contribution in [-0.4, -0.2) is 12.1 Å². The van der Waals surface area contributed by atoms with Crippen molar-refractivity contribution in [2.24, 2.45) is 0 Å². The van der Waals surface area contributed by atoms with E-state index in [4.69, 9.17) is 4.74 Å². The molecule has 2 aromatic rings. The number of hydrogen-bond acceptors (Lipinski definition) is 3. The van der Waals surface area contributed by atoms with Crippen LogP contribution in [0.3, 0.4) is 0 Å². The molecular weight excluding hydrogens is 288 g/mol. The van der Waals surface area contributed by atoms with Gasteiger partial charge in [0.25, 0.3) is 0 Å². The van der Waals surface area contributed by atoms with E-state index in [0.29, 0.717) is 17.5 Å². The zero-order chi connectivity index (χ0) is 15.5. The first-order valence-corrected chi connectivity index (χ1v) is 5.99. The van der Waals surface area contributed by atoms with Crippen molar-refractivity contribution in [1.82, 2.24) is 4.98 Å². The summed E-state index contributed by atoms with van der Waals surface area (Å²) in [5.74, 6) is -0.325. The van der Waals surface area contributed by atoms with Crippen molar-refractivity contribution in [3.05, 3.63) is 53.5 Å². The van der Waals surface area contributed by atoms with Crippen molar-refractivity contribution in [3.8, 4) is 5.88 Å². The highest BCUT2D eigenvalue weighted by atomic mass is 19.4. The van der Waals surface area contributed by atoms with Crippen LogP contribution >= 0.6 is 0 Å². The third-order valence-electron chi connectivity index (χ3n) is 2.78. The van der Waals surface area contributed by atoms with Crippen LogP contribution in [-0.2, 0) is 12.7 Å². The van der Waals surface area contributed by atoms with E-state index in [2.05, 4.69) is 10.3 Å². The van der Waals surface area contributed by atoms with Crippen LogP contribution in [0.4, 0.5) is 23.2 Å². The lowest BCUT2D eigenvalue weighted by molar-refractivity contribution is -0.137. The van der Waals surface area contributed by atoms with E-state index in [1.165, 1.54) is 13.3 Å². The summed E-state index contributed by atoms with van der Waals surface area (Å²) in [6, 6.07) is 5.53. The standard InChI is InChI=1S/C14H12F4N2O/c1-21-13-5-2-9(8-20-13)7-19-12-6-10(14(16,17)18)3-4-11(12)15/h2-6,8,19H,7H2,1H3. The minimum atomic E-state index is -4.51. The summed E-state index contributed by atoms with van der Waals surface area (Å²) in [6.45, 7) is 0.148. The average Bonchev–Trinajstić information content (AvgIpc) is 2.45. The van der Waals surface area contributed by atoms with Crippen LogP contribution in [0.2, 0.25) is 0 Å². The van der Waals surface area contributed by atoms with Gasteiger partial charge < -0.3 is 10.1 Å². The van der Waals surface area contributed by atoms with Gasteiger partial charge >= 0.3 is 6.18 Å². The number of benzene rings is 1. The molecule has 0 spiro atoms. The van der Waals surface area contributed by atoms with E-state index in [1.807, 2.05) is 0 Å². The molecule has 3 nitrogen and oxygen atoms in total. The molecule has 0 amide bonds. The zero-order valence-electron chi connectivity index (χ0n) is 11.0. The Morgan fingerprint density at radius 1 is 1.19 bits per heavy atom. The first-order chi connectivity index (χ1) is 9.90. The van der Waals surface area contributed by atoms with Crippen molar-refractivity contribution in [1.29, 1.82) is 0 Å². The van der Waals surface area contributed by atoms with Gasteiger partial charge in [0.2, 0.25) is 5.88 Å². The van der Waals surface area contributed by atoms with E-state index >= 15 is 0 Å². The van der Waals surface area contributed by atoms with E-state index in [1.54, 1.807) is 12.1 Å². The number of nitrogens with one attached hydrogen (secondary N) is 1. The molecule has 0 atom stereocenters. The van der Waals surface area contributed by atoms with Gasteiger partial charge in [0.05, 0.1) is 18.4 Å². The highest BCUT2D eigenvalue weighted by Gasteiger charge is 2.31. The van der Waals surface area contributed by atoms with E-state index in [-0.39, 0.29) is 12.2 Å². The molecule has 7 heteroatoms. The fourth-order valence-electron chi connectivity index (χ4n) is 1.67. The number of alkyl halides is 3. The normalized spacial score (nSPS) is 11.3. The Balaban J connectivity index is 2.11. The second-order valence-electron chi connectivity index (χ2n) is 4.25. The van der Waals surface area contributed by atoms with Gasteiger partial charge in [-0.3, -0.25) is 0 Å². The molecule has 0 radical (unpaired) electrons. The maximum absolute atomic E-state index is 13.5. The Labute approximate surface area is 118 Å². The predicted octanol–water partition coefficient (Wildman–Crippen LogP) is 3.86. The van der Waals surface area contributed by atoms with Gasteiger partial charge in [0.15, 0.2) is 0 Å². The minimum Gasteiger partial charge on any atom is -0.481 e. The van der Waals surface area contributed by atoms with Crippen LogP contribution in [0.25, 0.3) is 0 Å². The topological polar surface area (TPSA) is 34.1 Å². The molecule has 0 bridgehead atoms. The molecule has 0 aliphatic rings. The summed E-state index contributed by atoms with van der Waals surface area (Å²) in [7, 11) is 1.47. The smallest absolute Gasteiger partial charge is 0.416 e. The first-order valence-electron chi connectivity index (χ1n) is 5.99. The number of hydrogen-bond donors (Lipinski definition) is 1. The van der Waals surface area contributed by atoms with Gasteiger partial charge in [-0.15, -0.1) is 0 Å². The molecule has 112 valence electrons. The van der Waals surface area contributed by atoms with Crippen LogP contribution in [0.5, 0.6) is 5.88 Å². The van der Waals surface area contributed by atoms with Crippen LogP contribution in [0.15, 0.2) is 36.5 Å². The molecule has 0 saturated carbocycles. The molecule has 0 unspecified atom stereocenters. The Hall–Kier alpha value is -2.31. The Kier molecular flexibility index (Phi) is 4.30. The highest BCUT2D eigenvalue weighted by molar-refractivity contribution is 5.48. The van der Waals surface area contributed by atoms with Gasteiger partial charge in [0, 0.05) is 18.8 Å². The number of halogens is 4. The Morgan fingerprint density at radius 3 is 2.52 bits per heavy atom. The van der Waals surface area contributed by atoms with Gasteiger partial charge in [-0.2, -0.15) is 13.2 Å². The number of nitrogens with zero attached hydrogens (tertiary/aromatic N) is 1. The molecule has 1 N–H and O–H groups in total. The van der Waals surface area contributed by atoms with Crippen LogP contribution < -0.4 is 10.1 Å². The van der Waals surface area contributed by atoms with Crippen molar-refractivity contribution in [2.75, 3.05) is 12.4 Å². The monoisotopic (exact) mass is 300 g/mol. The summed E-state index contributed by atoms with van der Waals surface area (Å²) in [5.41, 5.74) is -0.424. The van der Waals surface area contributed by atoms with Gasteiger partial charge in [-0.1, -0.05) is 6.07 Å². The SMILES string of the molecule is COc1ccc(CNc2cc(C(F)(F)F)ccc2F)cn1. The maximum Gasteiger partial charge on any atom is 0.416 e. The van der Waals surface area contributed by atoms with E-state index < -0.39 is 17.6 Å². The molecule has 1 heterocycles. The van der Waals surface area contributed by atoms with E-state index in [0.717, 1.165) is 12.1 Å². The largest absolute Gasteiger partial charge is 0.481 e. The molecule has 21 heavy (non-hydrogen) atoms. The minimum absolute atomic E-state index is 0.148. The van der Waals surface area contributed by atoms with E-state index in [9.17, 15) is 17.6 Å². The van der Waals surface area contributed by atoms with Gasteiger partial charge in [-0.25, -0.2) is 9.37 Å². The number of aromatic nitrogens is 1. The molecule has 1 aromatic carbocycles. The summed E-state index contributed by atoms with van der Waals surface area (Å²) in [4.78, 5) is 3.95. The van der Waals surface area contributed by atoms with Gasteiger partial charge in [0.1, 0.15) is 5.82 Å². The molecule has 0 saturated heterocycles. The molecule has 0 aliphatic heterocycles. The quantitative estimate of drug-likeness (QED) is 0.871. The number of anilines is 1. The van der Waals surface area contributed by atoms with Gasteiger partial charge in [-0.05, 0) is 23.8 Å². The number of pyridine rings is 1. The second-order valence-corrected chi connectivity index (χ2v) is 4.25. The average molecular weight is 300 g/mol. The predicted molar refractivity (Wildman–Crippen MR) is 69.5 cm³/mol. The molecule has 2 rings (SSSR count). The fraction of sp³-hybridized carbons (Fsp3) is 0.214. The first kappa shape index (κ1) is 15.1. The third kappa shape index (κ3) is 3.84. The summed E-state index contributed by atoms with van der Waals surface area (Å²) in [5, 5.41) is 2.62. The summed E-state index contributed by atoms with van der Waals surface area (Å²) in [6.07, 6.45) is -3.01. The Bertz CT molecular complexity index is 611. The van der Waals surface area contributed by atoms with Crippen LogP contribution in [0, 0.1) is 5.82 Å². The van der Waals surface area contributed by atoms with Crippen molar-refractivity contribution in [2.45, 2.75) is 12.7 Å². The molecular formula is C14H12F4N2O. The van der Waals surface area contributed by atoms with Crippen molar-refractivity contribution < 1.29 is 22.3 Å². The third-order valence-corrected chi connectivity index (χ3v) is 2.78. The lowest BCUT2D eigenvalue weighted by Crippen LogP contribution is -2.08. The summed E-state index contributed by atoms with van der Waals surface area (Å²) < 4.78 is 56.1. The van der Waals surface area contributed by atoms with Crippen LogP contribution in [0.1, 0.15) is 11.1 Å². The Morgan fingerprint density at radius 2 is 1.95 bits per heavy atom. The summed E-state index contributed by atoms with van der Waals surface area (Å²) >= 11 is 0. The second kappa shape index (κ2) is 5.99. The van der Waals surface area contributed by atoms with Crippen molar-refractivity contribution in [3.63, 3.8) is 0 Å². The zero-order valence-corrected chi connectivity index (χ0v) is 11.0. The fourth-order valence-corrected chi connectivity index (χ4v) is 1.67. The highest BCUT2D eigenvalue weighted by Crippen LogP contribution is 2.31. The molecule has 1 aromatic heterocycles. The molecule has 0 aliphatic carbocycles. The number of methoxy groups -OCH3 is 1.